The molecule has 2 rings (SSSR count). The molecule has 0 amide bonds. The standard InChI is InChI=1S/C10H8N2O2/c1-7-5-14-6-8(7)10(13)9-4-11-2-3-12-9/h2-6H,1H3. The summed E-state index contributed by atoms with van der Waals surface area (Å²) in [6, 6.07) is 0. The van der Waals surface area contributed by atoms with Crippen LogP contribution in [-0.2, 0) is 0 Å². The van der Waals surface area contributed by atoms with Crippen LogP contribution < -0.4 is 0 Å². The monoisotopic (exact) mass is 188 g/mol. The van der Waals surface area contributed by atoms with Gasteiger partial charge in [-0.2, -0.15) is 0 Å². The van der Waals surface area contributed by atoms with Crippen molar-refractivity contribution in [2.24, 2.45) is 0 Å². The van der Waals surface area contributed by atoms with Gasteiger partial charge >= 0.3 is 0 Å². The van der Waals surface area contributed by atoms with E-state index in [9.17, 15) is 4.79 Å². The number of aromatic nitrogens is 2. The summed E-state index contributed by atoms with van der Waals surface area (Å²) in [5, 5.41) is 0. The van der Waals surface area contributed by atoms with Crippen molar-refractivity contribution in [3.63, 3.8) is 0 Å². The van der Waals surface area contributed by atoms with E-state index in [1.165, 1.54) is 31.1 Å². The molecule has 2 aromatic heterocycles. The molecular formula is C10H8N2O2. The maximum atomic E-state index is 11.8. The van der Waals surface area contributed by atoms with Gasteiger partial charge in [0.25, 0.3) is 0 Å². The molecule has 4 heteroatoms. The van der Waals surface area contributed by atoms with Crippen molar-refractivity contribution in [1.82, 2.24) is 9.97 Å². The quantitative estimate of drug-likeness (QED) is 0.672. The van der Waals surface area contributed by atoms with E-state index in [-0.39, 0.29) is 5.78 Å². The Morgan fingerprint density at radius 1 is 1.36 bits per heavy atom. The fourth-order valence-electron chi connectivity index (χ4n) is 1.15. The van der Waals surface area contributed by atoms with Gasteiger partial charge in [0, 0.05) is 12.4 Å². The molecule has 0 radical (unpaired) electrons. The van der Waals surface area contributed by atoms with E-state index in [0.717, 1.165) is 5.56 Å². The number of aryl methyl sites for hydroxylation is 1. The van der Waals surface area contributed by atoms with Crippen LogP contribution in [-0.4, -0.2) is 15.8 Å². The molecule has 0 unspecified atom stereocenters. The fraction of sp³-hybridized carbons (Fsp3) is 0.100. The lowest BCUT2D eigenvalue weighted by Crippen LogP contribution is -2.04. The van der Waals surface area contributed by atoms with Crippen molar-refractivity contribution >= 4 is 5.78 Å². The first-order chi connectivity index (χ1) is 6.79. The number of rotatable bonds is 2. The minimum Gasteiger partial charge on any atom is -0.472 e. The summed E-state index contributed by atoms with van der Waals surface area (Å²) in [5.74, 6) is -0.163. The number of carbonyl (C=O) groups is 1. The van der Waals surface area contributed by atoms with E-state index in [0.29, 0.717) is 11.3 Å². The Morgan fingerprint density at radius 2 is 2.21 bits per heavy atom. The molecule has 0 saturated heterocycles. The third-order valence-corrected chi connectivity index (χ3v) is 1.90. The van der Waals surface area contributed by atoms with Gasteiger partial charge < -0.3 is 4.42 Å². The summed E-state index contributed by atoms with van der Waals surface area (Å²) in [6.45, 7) is 1.81. The fourth-order valence-corrected chi connectivity index (χ4v) is 1.15. The number of nitrogens with zero attached hydrogens (tertiary/aromatic N) is 2. The van der Waals surface area contributed by atoms with Crippen LogP contribution in [0.2, 0.25) is 0 Å². The summed E-state index contributed by atoms with van der Waals surface area (Å²) in [7, 11) is 0. The van der Waals surface area contributed by atoms with Gasteiger partial charge in [-0.15, -0.1) is 0 Å². The van der Waals surface area contributed by atoms with Crippen LogP contribution in [0.4, 0.5) is 0 Å². The molecule has 4 nitrogen and oxygen atoms in total. The molecule has 0 bridgehead atoms. The predicted octanol–water partition coefficient (Wildman–Crippen LogP) is 1.61. The largest absolute Gasteiger partial charge is 0.472 e. The molecule has 0 N–H and O–H groups in total. The highest BCUT2D eigenvalue weighted by Gasteiger charge is 2.14. The summed E-state index contributed by atoms with van der Waals surface area (Å²) < 4.78 is 4.92. The number of hydrogen-bond acceptors (Lipinski definition) is 4. The molecule has 0 aliphatic heterocycles. The second kappa shape index (κ2) is 3.41. The highest BCUT2D eigenvalue weighted by atomic mass is 16.3. The van der Waals surface area contributed by atoms with Gasteiger partial charge in [0.1, 0.15) is 12.0 Å². The van der Waals surface area contributed by atoms with Crippen molar-refractivity contribution in [1.29, 1.82) is 0 Å². The highest BCUT2D eigenvalue weighted by molar-refractivity contribution is 6.08. The maximum absolute atomic E-state index is 11.8. The van der Waals surface area contributed by atoms with E-state index in [1.54, 1.807) is 0 Å². The average molecular weight is 188 g/mol. The highest BCUT2D eigenvalue weighted by Crippen LogP contribution is 2.12. The average Bonchev–Trinajstić information content (AvgIpc) is 2.65. The first-order valence-electron chi connectivity index (χ1n) is 4.12. The first-order valence-corrected chi connectivity index (χ1v) is 4.12. The second-order valence-electron chi connectivity index (χ2n) is 2.89. The molecule has 0 aromatic carbocycles. The molecule has 2 heterocycles. The van der Waals surface area contributed by atoms with Crippen molar-refractivity contribution < 1.29 is 9.21 Å². The maximum Gasteiger partial charge on any atom is 0.216 e. The second-order valence-corrected chi connectivity index (χ2v) is 2.89. The Balaban J connectivity index is 2.39. The predicted molar refractivity (Wildman–Crippen MR) is 48.9 cm³/mol. The molecule has 0 fully saturated rings. The van der Waals surface area contributed by atoms with E-state index in [2.05, 4.69) is 9.97 Å². The third-order valence-electron chi connectivity index (χ3n) is 1.90. The van der Waals surface area contributed by atoms with Crippen LogP contribution in [0.3, 0.4) is 0 Å². The molecule has 0 spiro atoms. The SMILES string of the molecule is Cc1cocc1C(=O)c1cnccn1. The Morgan fingerprint density at radius 3 is 2.79 bits per heavy atom. The van der Waals surface area contributed by atoms with Gasteiger partial charge in [-0.05, 0) is 12.5 Å². The lowest BCUT2D eigenvalue weighted by molar-refractivity contribution is 0.103. The molecular weight excluding hydrogens is 180 g/mol. The number of furan rings is 1. The first kappa shape index (κ1) is 8.62. The molecule has 14 heavy (non-hydrogen) atoms. The van der Waals surface area contributed by atoms with Gasteiger partial charge in [0.15, 0.2) is 0 Å². The van der Waals surface area contributed by atoms with Crippen LogP contribution in [0.1, 0.15) is 21.6 Å². The van der Waals surface area contributed by atoms with Gasteiger partial charge in [0.2, 0.25) is 5.78 Å². The van der Waals surface area contributed by atoms with E-state index in [4.69, 9.17) is 4.42 Å². The minimum atomic E-state index is -0.163. The van der Waals surface area contributed by atoms with E-state index >= 15 is 0 Å². The van der Waals surface area contributed by atoms with Crippen LogP contribution in [0.5, 0.6) is 0 Å². The smallest absolute Gasteiger partial charge is 0.216 e. The van der Waals surface area contributed by atoms with Crippen molar-refractivity contribution in [2.45, 2.75) is 6.92 Å². The Kier molecular flexibility index (Phi) is 2.10. The van der Waals surface area contributed by atoms with Gasteiger partial charge in [-0.3, -0.25) is 9.78 Å². The molecule has 2 aromatic rings. The minimum absolute atomic E-state index is 0.163. The van der Waals surface area contributed by atoms with Crippen LogP contribution >= 0.6 is 0 Å². The zero-order valence-corrected chi connectivity index (χ0v) is 7.60. The molecule has 0 aliphatic carbocycles. The van der Waals surface area contributed by atoms with Crippen molar-refractivity contribution in [3.05, 3.63) is 47.9 Å². The van der Waals surface area contributed by atoms with Crippen LogP contribution in [0.15, 0.2) is 35.5 Å². The summed E-state index contributed by atoms with van der Waals surface area (Å²) >= 11 is 0. The Hall–Kier alpha value is -1.97. The molecule has 0 atom stereocenters. The van der Waals surface area contributed by atoms with Crippen molar-refractivity contribution in [2.75, 3.05) is 0 Å². The lowest BCUT2D eigenvalue weighted by Gasteiger charge is -1.96. The van der Waals surface area contributed by atoms with Crippen LogP contribution in [0.25, 0.3) is 0 Å². The number of ketones is 1. The molecule has 70 valence electrons. The van der Waals surface area contributed by atoms with Crippen molar-refractivity contribution in [3.8, 4) is 0 Å². The summed E-state index contributed by atoms with van der Waals surface area (Å²) in [6.07, 6.45) is 7.41. The number of hydrogen-bond donors (Lipinski definition) is 0. The topological polar surface area (TPSA) is 56.0 Å². The lowest BCUT2D eigenvalue weighted by atomic mass is 10.1. The zero-order chi connectivity index (χ0) is 9.97. The van der Waals surface area contributed by atoms with Gasteiger partial charge in [-0.25, -0.2) is 4.98 Å². The Labute approximate surface area is 80.6 Å². The van der Waals surface area contributed by atoms with Gasteiger partial charge in [0.05, 0.1) is 18.0 Å². The van der Waals surface area contributed by atoms with Gasteiger partial charge in [-0.1, -0.05) is 0 Å². The Bertz CT molecular complexity index is 448. The zero-order valence-electron chi connectivity index (χ0n) is 7.60. The normalized spacial score (nSPS) is 10.1. The van der Waals surface area contributed by atoms with E-state index < -0.39 is 0 Å². The summed E-state index contributed by atoms with van der Waals surface area (Å²) in [4.78, 5) is 19.5. The molecule has 0 aliphatic rings. The summed E-state index contributed by atoms with van der Waals surface area (Å²) in [5.41, 5.74) is 1.67. The van der Waals surface area contributed by atoms with Crippen LogP contribution in [0, 0.1) is 6.92 Å². The third kappa shape index (κ3) is 1.42. The molecule has 0 saturated carbocycles. The number of carbonyl (C=O) groups excluding carboxylic acids is 1. The van der Waals surface area contributed by atoms with E-state index in [1.807, 2.05) is 6.92 Å².